The van der Waals surface area contributed by atoms with E-state index in [1.54, 1.807) is 30.0 Å². The predicted molar refractivity (Wildman–Crippen MR) is 90.5 cm³/mol. The molecule has 0 fully saturated rings. The lowest BCUT2D eigenvalue weighted by Gasteiger charge is -2.12. The summed E-state index contributed by atoms with van der Waals surface area (Å²) in [5.41, 5.74) is 0. The monoisotopic (exact) mass is 356 g/mol. The number of hydrogen-bond donors (Lipinski definition) is 0. The van der Waals surface area contributed by atoms with Crippen LogP contribution in [0.25, 0.3) is 10.8 Å². The molecule has 130 valence electrons. The van der Waals surface area contributed by atoms with Crippen LogP contribution in [-0.2, 0) is 4.79 Å². The van der Waals surface area contributed by atoms with Gasteiger partial charge in [-0.05, 0) is 29.7 Å². The number of alkyl halides is 3. The molecule has 24 heavy (non-hydrogen) atoms. The molecular formula is C18H19F3O2S. The van der Waals surface area contributed by atoms with E-state index in [9.17, 15) is 18.0 Å². The van der Waals surface area contributed by atoms with Gasteiger partial charge in [-0.15, -0.1) is 11.8 Å². The fraction of sp³-hybridized carbons (Fsp3) is 0.389. The van der Waals surface area contributed by atoms with Crippen molar-refractivity contribution >= 4 is 28.5 Å². The van der Waals surface area contributed by atoms with E-state index in [2.05, 4.69) is 11.7 Å². The third-order valence-corrected chi connectivity index (χ3v) is 4.69. The van der Waals surface area contributed by atoms with Gasteiger partial charge in [-0.25, -0.2) is 4.79 Å². The Bertz CT molecular complexity index is 698. The van der Waals surface area contributed by atoms with Gasteiger partial charge in [0.2, 0.25) is 0 Å². The van der Waals surface area contributed by atoms with Gasteiger partial charge in [0, 0.05) is 10.3 Å². The summed E-state index contributed by atoms with van der Waals surface area (Å²) >= 11 is 1.67. The first kappa shape index (κ1) is 18.6. The highest BCUT2D eigenvalue weighted by Crippen LogP contribution is 2.35. The van der Waals surface area contributed by atoms with Crippen LogP contribution in [0, 0.1) is 0 Å². The van der Waals surface area contributed by atoms with Crippen molar-refractivity contribution in [2.45, 2.75) is 43.7 Å². The van der Waals surface area contributed by atoms with E-state index in [1.807, 2.05) is 12.1 Å². The Kier molecular flexibility index (Phi) is 6.54. The molecule has 0 amide bonds. The van der Waals surface area contributed by atoms with Crippen LogP contribution in [0.15, 0.2) is 41.3 Å². The normalized spacial score (nSPS) is 11.7. The van der Waals surface area contributed by atoms with E-state index in [-0.39, 0.29) is 5.75 Å². The molecule has 0 aliphatic heterocycles. The molecule has 0 spiro atoms. The van der Waals surface area contributed by atoms with Crippen molar-refractivity contribution in [3.8, 4) is 5.75 Å². The molecule has 6 heteroatoms. The standard InChI is InChI=1S/C18H19F3O2S/c1-2-3-4-7-12-24-16-11-10-15(23-17(22)18(19,20)21)13-8-5-6-9-14(13)16/h5-6,8-11H,2-4,7,12H2,1H3. The summed E-state index contributed by atoms with van der Waals surface area (Å²) in [6.45, 7) is 2.15. The molecule has 0 unspecified atom stereocenters. The lowest BCUT2D eigenvalue weighted by atomic mass is 10.1. The molecule has 0 saturated heterocycles. The van der Waals surface area contributed by atoms with Crippen molar-refractivity contribution in [3.63, 3.8) is 0 Å². The van der Waals surface area contributed by atoms with E-state index < -0.39 is 12.1 Å². The number of benzene rings is 2. The van der Waals surface area contributed by atoms with Gasteiger partial charge in [-0.1, -0.05) is 50.5 Å². The molecule has 0 atom stereocenters. The van der Waals surface area contributed by atoms with Gasteiger partial charge in [0.15, 0.2) is 0 Å². The van der Waals surface area contributed by atoms with E-state index >= 15 is 0 Å². The molecule has 0 heterocycles. The fourth-order valence-electron chi connectivity index (χ4n) is 2.33. The van der Waals surface area contributed by atoms with Crippen molar-refractivity contribution in [3.05, 3.63) is 36.4 Å². The van der Waals surface area contributed by atoms with Gasteiger partial charge in [-0.3, -0.25) is 0 Å². The van der Waals surface area contributed by atoms with Crippen LogP contribution in [0.3, 0.4) is 0 Å². The number of hydrogen-bond acceptors (Lipinski definition) is 3. The summed E-state index contributed by atoms with van der Waals surface area (Å²) < 4.78 is 41.7. The molecule has 2 rings (SSSR count). The Hall–Kier alpha value is -1.69. The smallest absolute Gasteiger partial charge is 0.419 e. The Balaban J connectivity index is 2.18. The SMILES string of the molecule is CCCCCCSc1ccc(OC(=O)C(F)(F)F)c2ccccc12. The molecule has 0 aliphatic carbocycles. The summed E-state index contributed by atoms with van der Waals surface area (Å²) in [7, 11) is 0. The zero-order chi connectivity index (χ0) is 17.6. The minimum absolute atomic E-state index is 0.0664. The molecule has 0 bridgehead atoms. The summed E-state index contributed by atoms with van der Waals surface area (Å²) in [6, 6.07) is 10.2. The zero-order valence-corrected chi connectivity index (χ0v) is 14.2. The van der Waals surface area contributed by atoms with Crippen LogP contribution in [0.4, 0.5) is 13.2 Å². The van der Waals surface area contributed by atoms with E-state index in [1.165, 1.54) is 25.3 Å². The molecule has 2 aromatic carbocycles. The lowest BCUT2D eigenvalue weighted by molar-refractivity contribution is -0.189. The first-order valence-electron chi connectivity index (χ1n) is 7.87. The number of halogens is 3. The average Bonchev–Trinajstić information content (AvgIpc) is 2.55. The van der Waals surface area contributed by atoms with Crippen molar-refractivity contribution in [1.82, 2.24) is 0 Å². The van der Waals surface area contributed by atoms with E-state index in [0.717, 1.165) is 22.5 Å². The fourth-order valence-corrected chi connectivity index (χ4v) is 3.39. The highest BCUT2D eigenvalue weighted by Gasteiger charge is 2.41. The van der Waals surface area contributed by atoms with Crippen molar-refractivity contribution in [1.29, 1.82) is 0 Å². The van der Waals surface area contributed by atoms with Gasteiger partial charge >= 0.3 is 12.1 Å². The summed E-state index contributed by atoms with van der Waals surface area (Å²) in [4.78, 5) is 12.1. The van der Waals surface area contributed by atoms with Crippen LogP contribution >= 0.6 is 11.8 Å². The number of esters is 1. The van der Waals surface area contributed by atoms with E-state index in [4.69, 9.17) is 0 Å². The number of thioether (sulfide) groups is 1. The van der Waals surface area contributed by atoms with Crippen LogP contribution < -0.4 is 4.74 Å². The molecule has 2 aromatic rings. The Morgan fingerprint density at radius 2 is 1.75 bits per heavy atom. The second-order valence-electron chi connectivity index (χ2n) is 5.40. The van der Waals surface area contributed by atoms with Crippen LogP contribution in [0.1, 0.15) is 32.6 Å². The van der Waals surface area contributed by atoms with Gasteiger partial charge in [-0.2, -0.15) is 13.2 Å². The minimum Gasteiger partial charge on any atom is -0.419 e. The molecule has 2 nitrogen and oxygen atoms in total. The molecule has 0 aliphatic rings. The van der Waals surface area contributed by atoms with Crippen molar-refractivity contribution in [2.75, 3.05) is 5.75 Å². The Morgan fingerprint density at radius 3 is 2.42 bits per heavy atom. The summed E-state index contributed by atoms with van der Waals surface area (Å²) in [5, 5.41) is 1.30. The molecule has 0 saturated carbocycles. The van der Waals surface area contributed by atoms with Gasteiger partial charge < -0.3 is 4.74 Å². The number of fused-ring (bicyclic) bond motifs is 1. The van der Waals surface area contributed by atoms with Crippen molar-refractivity contribution < 1.29 is 22.7 Å². The lowest BCUT2D eigenvalue weighted by Crippen LogP contribution is -2.28. The number of carbonyl (C=O) groups excluding carboxylic acids is 1. The van der Waals surface area contributed by atoms with Crippen LogP contribution in [0.5, 0.6) is 5.75 Å². The largest absolute Gasteiger partial charge is 0.491 e. The van der Waals surface area contributed by atoms with E-state index in [0.29, 0.717) is 5.39 Å². The maximum atomic E-state index is 12.4. The number of carbonyl (C=O) groups is 1. The average molecular weight is 356 g/mol. The molecule has 0 radical (unpaired) electrons. The topological polar surface area (TPSA) is 26.3 Å². The molecule has 0 aromatic heterocycles. The van der Waals surface area contributed by atoms with Crippen molar-refractivity contribution in [2.24, 2.45) is 0 Å². The highest BCUT2D eigenvalue weighted by molar-refractivity contribution is 7.99. The van der Waals surface area contributed by atoms with Gasteiger partial charge in [0.25, 0.3) is 0 Å². The third-order valence-electron chi connectivity index (χ3n) is 3.53. The summed E-state index contributed by atoms with van der Waals surface area (Å²) in [5.74, 6) is -1.32. The first-order valence-corrected chi connectivity index (χ1v) is 8.85. The third kappa shape index (κ3) is 4.90. The molecule has 0 N–H and O–H groups in total. The summed E-state index contributed by atoms with van der Waals surface area (Å²) in [6.07, 6.45) is -0.366. The first-order chi connectivity index (χ1) is 11.4. The molecular weight excluding hydrogens is 337 g/mol. The number of ether oxygens (including phenoxy) is 1. The maximum Gasteiger partial charge on any atom is 0.491 e. The maximum absolute atomic E-state index is 12.4. The highest BCUT2D eigenvalue weighted by atomic mass is 32.2. The number of unbranched alkanes of at least 4 members (excludes halogenated alkanes) is 3. The minimum atomic E-state index is -5.01. The predicted octanol–water partition coefficient (Wildman–Crippen LogP) is 5.98. The second kappa shape index (κ2) is 8.42. The number of rotatable bonds is 7. The Morgan fingerprint density at radius 1 is 1.04 bits per heavy atom. The Labute approximate surface area is 143 Å². The van der Waals surface area contributed by atoms with Gasteiger partial charge in [0.1, 0.15) is 5.75 Å². The quantitative estimate of drug-likeness (QED) is 0.264. The van der Waals surface area contributed by atoms with Gasteiger partial charge in [0.05, 0.1) is 0 Å². The van der Waals surface area contributed by atoms with Crippen LogP contribution in [0.2, 0.25) is 0 Å². The second-order valence-corrected chi connectivity index (χ2v) is 6.54. The zero-order valence-electron chi connectivity index (χ0n) is 13.4. The van der Waals surface area contributed by atoms with Crippen LogP contribution in [-0.4, -0.2) is 17.9 Å².